The van der Waals surface area contributed by atoms with Gasteiger partial charge in [0.05, 0.1) is 16.5 Å². The molecule has 0 saturated heterocycles. The lowest BCUT2D eigenvalue weighted by atomic mass is 10.2. The number of aliphatic hydroxyl groups excluding tert-OH is 1. The first-order valence-electron chi connectivity index (χ1n) is 6.91. The molecule has 1 aromatic rings. The van der Waals surface area contributed by atoms with E-state index < -0.39 is 0 Å². The van der Waals surface area contributed by atoms with E-state index in [4.69, 9.17) is 5.11 Å². The molecule has 1 aromatic heterocycles. The Bertz CT molecular complexity index is 481. The molecule has 0 aromatic carbocycles. The van der Waals surface area contributed by atoms with Crippen molar-refractivity contribution in [2.45, 2.75) is 38.6 Å². The Morgan fingerprint density at radius 1 is 1.40 bits per heavy atom. The molecule has 1 fully saturated rings. The molecule has 0 atom stereocenters. The average molecular weight is 296 g/mol. The van der Waals surface area contributed by atoms with Gasteiger partial charge < -0.3 is 15.3 Å². The molecule has 1 heterocycles. The lowest BCUT2D eigenvalue weighted by Gasteiger charge is -2.27. The minimum atomic E-state index is -0.145. The minimum absolute atomic E-state index is 0.0217. The van der Waals surface area contributed by atoms with E-state index in [1.165, 1.54) is 18.3 Å². The van der Waals surface area contributed by atoms with Crippen molar-refractivity contribution >= 4 is 28.2 Å². The lowest BCUT2D eigenvalue weighted by molar-refractivity contribution is -0.114. The predicted octanol–water partition coefficient (Wildman–Crippen LogP) is 2.08. The van der Waals surface area contributed by atoms with Crippen LogP contribution in [0.2, 0.25) is 0 Å². The van der Waals surface area contributed by atoms with E-state index >= 15 is 0 Å². The summed E-state index contributed by atoms with van der Waals surface area (Å²) >= 11 is 1.28. The van der Waals surface area contributed by atoms with E-state index in [1.807, 2.05) is 0 Å². The maximum absolute atomic E-state index is 12.5. The second-order valence-corrected chi connectivity index (χ2v) is 6.09. The SMILES string of the molecule is CC(=O)Nc1ccc(C(=O)N(CCO)C2CCCC2)s1. The topological polar surface area (TPSA) is 69.6 Å². The van der Waals surface area contributed by atoms with E-state index in [9.17, 15) is 9.59 Å². The molecular weight excluding hydrogens is 276 g/mol. The van der Waals surface area contributed by atoms with Crippen LogP contribution in [0.15, 0.2) is 12.1 Å². The van der Waals surface area contributed by atoms with Crippen molar-refractivity contribution < 1.29 is 14.7 Å². The van der Waals surface area contributed by atoms with Gasteiger partial charge >= 0.3 is 0 Å². The summed E-state index contributed by atoms with van der Waals surface area (Å²) in [4.78, 5) is 25.9. The van der Waals surface area contributed by atoms with E-state index in [2.05, 4.69) is 5.32 Å². The number of anilines is 1. The standard InChI is InChI=1S/C14H20N2O3S/c1-10(18)15-13-7-6-12(20-13)14(19)16(8-9-17)11-4-2-3-5-11/h6-7,11,17H,2-5,8-9H2,1H3,(H,15,18). The second-order valence-electron chi connectivity index (χ2n) is 5.01. The zero-order valence-corrected chi connectivity index (χ0v) is 12.4. The summed E-state index contributed by atoms with van der Waals surface area (Å²) in [5.41, 5.74) is 0. The third-order valence-corrected chi connectivity index (χ3v) is 4.47. The molecule has 1 aliphatic carbocycles. The Hall–Kier alpha value is -1.40. The molecule has 1 saturated carbocycles. The van der Waals surface area contributed by atoms with E-state index in [-0.39, 0.29) is 24.5 Å². The van der Waals surface area contributed by atoms with Crippen LogP contribution >= 0.6 is 11.3 Å². The van der Waals surface area contributed by atoms with Gasteiger partial charge in [-0.3, -0.25) is 9.59 Å². The van der Waals surface area contributed by atoms with Gasteiger partial charge in [-0.15, -0.1) is 11.3 Å². The van der Waals surface area contributed by atoms with Gasteiger partial charge in [0, 0.05) is 19.5 Å². The Labute approximate surface area is 122 Å². The summed E-state index contributed by atoms with van der Waals surface area (Å²) in [6.45, 7) is 1.79. The Morgan fingerprint density at radius 2 is 2.10 bits per heavy atom. The van der Waals surface area contributed by atoms with Crippen molar-refractivity contribution in [3.63, 3.8) is 0 Å². The van der Waals surface area contributed by atoms with Gasteiger partial charge in [-0.25, -0.2) is 0 Å². The third kappa shape index (κ3) is 3.58. The number of nitrogens with zero attached hydrogens (tertiary/aromatic N) is 1. The zero-order valence-electron chi connectivity index (χ0n) is 11.6. The number of hydrogen-bond donors (Lipinski definition) is 2. The first kappa shape index (κ1) is 15.0. The number of aliphatic hydroxyl groups is 1. The molecule has 5 nitrogen and oxygen atoms in total. The van der Waals surface area contributed by atoms with Gasteiger partial charge in [-0.1, -0.05) is 12.8 Å². The summed E-state index contributed by atoms with van der Waals surface area (Å²) < 4.78 is 0. The molecular formula is C14H20N2O3S. The summed E-state index contributed by atoms with van der Waals surface area (Å²) in [6.07, 6.45) is 4.30. The van der Waals surface area contributed by atoms with Crippen LogP contribution in [0.25, 0.3) is 0 Å². The molecule has 0 bridgehead atoms. The zero-order chi connectivity index (χ0) is 14.5. The molecule has 1 aliphatic rings. The molecule has 0 radical (unpaired) electrons. The number of carbonyl (C=O) groups is 2. The molecule has 2 N–H and O–H groups in total. The summed E-state index contributed by atoms with van der Waals surface area (Å²) in [7, 11) is 0. The maximum Gasteiger partial charge on any atom is 0.264 e. The lowest BCUT2D eigenvalue weighted by Crippen LogP contribution is -2.40. The number of hydrogen-bond acceptors (Lipinski definition) is 4. The summed E-state index contributed by atoms with van der Waals surface area (Å²) in [5, 5.41) is 12.5. The van der Waals surface area contributed by atoms with Crippen LogP contribution in [0.5, 0.6) is 0 Å². The van der Waals surface area contributed by atoms with Crippen LogP contribution in [-0.4, -0.2) is 41.0 Å². The number of thiophene rings is 1. The monoisotopic (exact) mass is 296 g/mol. The van der Waals surface area contributed by atoms with E-state index in [1.54, 1.807) is 17.0 Å². The van der Waals surface area contributed by atoms with E-state index in [0.29, 0.717) is 16.4 Å². The predicted molar refractivity (Wildman–Crippen MR) is 79.0 cm³/mol. The normalized spacial score (nSPS) is 15.3. The molecule has 0 aliphatic heterocycles. The third-order valence-electron chi connectivity index (χ3n) is 3.48. The van der Waals surface area contributed by atoms with Gasteiger partial charge in [0.2, 0.25) is 5.91 Å². The van der Waals surface area contributed by atoms with Crippen LogP contribution in [0.3, 0.4) is 0 Å². The fraction of sp³-hybridized carbons (Fsp3) is 0.571. The summed E-state index contributed by atoms with van der Waals surface area (Å²) in [5.74, 6) is -0.193. The molecule has 0 spiro atoms. The van der Waals surface area contributed by atoms with Crippen molar-refractivity contribution in [2.24, 2.45) is 0 Å². The van der Waals surface area contributed by atoms with Crippen molar-refractivity contribution in [2.75, 3.05) is 18.5 Å². The quantitative estimate of drug-likeness (QED) is 0.874. The van der Waals surface area contributed by atoms with Crippen LogP contribution < -0.4 is 5.32 Å². The Morgan fingerprint density at radius 3 is 2.70 bits per heavy atom. The van der Waals surface area contributed by atoms with Gasteiger partial charge in [0.25, 0.3) is 5.91 Å². The molecule has 6 heteroatoms. The highest BCUT2D eigenvalue weighted by Crippen LogP contribution is 2.28. The molecule has 110 valence electrons. The second kappa shape index (κ2) is 6.85. The smallest absolute Gasteiger partial charge is 0.264 e. The Balaban J connectivity index is 2.09. The molecule has 20 heavy (non-hydrogen) atoms. The molecule has 2 amide bonds. The average Bonchev–Trinajstić information content (AvgIpc) is 3.05. The Kier molecular flexibility index (Phi) is 5.14. The van der Waals surface area contributed by atoms with Gasteiger partial charge in [-0.2, -0.15) is 0 Å². The number of amides is 2. The van der Waals surface area contributed by atoms with Gasteiger partial charge in [0.1, 0.15) is 0 Å². The maximum atomic E-state index is 12.5. The van der Waals surface area contributed by atoms with Crippen molar-refractivity contribution in [1.29, 1.82) is 0 Å². The fourth-order valence-electron chi connectivity index (χ4n) is 2.61. The molecule has 0 unspecified atom stereocenters. The first-order chi connectivity index (χ1) is 9.61. The number of carbonyl (C=O) groups excluding carboxylic acids is 2. The highest BCUT2D eigenvalue weighted by atomic mass is 32.1. The van der Waals surface area contributed by atoms with Crippen LogP contribution in [-0.2, 0) is 4.79 Å². The van der Waals surface area contributed by atoms with Crippen molar-refractivity contribution in [3.8, 4) is 0 Å². The fourth-order valence-corrected chi connectivity index (χ4v) is 3.52. The van der Waals surface area contributed by atoms with E-state index in [0.717, 1.165) is 25.7 Å². The van der Waals surface area contributed by atoms with Gasteiger partial charge in [-0.05, 0) is 25.0 Å². The largest absolute Gasteiger partial charge is 0.395 e. The minimum Gasteiger partial charge on any atom is -0.395 e. The first-order valence-corrected chi connectivity index (χ1v) is 7.72. The van der Waals surface area contributed by atoms with Crippen molar-refractivity contribution in [3.05, 3.63) is 17.0 Å². The molecule has 2 rings (SSSR count). The van der Waals surface area contributed by atoms with Crippen LogP contribution in [0, 0.1) is 0 Å². The number of rotatable bonds is 5. The highest BCUT2D eigenvalue weighted by Gasteiger charge is 2.27. The number of nitrogens with one attached hydrogen (secondary N) is 1. The van der Waals surface area contributed by atoms with Crippen LogP contribution in [0.4, 0.5) is 5.00 Å². The van der Waals surface area contributed by atoms with Gasteiger partial charge in [0.15, 0.2) is 0 Å². The highest BCUT2D eigenvalue weighted by molar-refractivity contribution is 7.18. The summed E-state index contributed by atoms with van der Waals surface area (Å²) in [6, 6.07) is 3.71. The van der Waals surface area contributed by atoms with Crippen molar-refractivity contribution in [1.82, 2.24) is 4.90 Å². The van der Waals surface area contributed by atoms with Crippen LogP contribution in [0.1, 0.15) is 42.3 Å².